The maximum absolute atomic E-state index is 12.4. The Morgan fingerprint density at radius 1 is 1.33 bits per heavy atom. The molecule has 0 radical (unpaired) electrons. The fraction of sp³-hybridized carbons (Fsp3) is 0.429. The SMILES string of the molecule is CCCN(N=O)[C@H]1CC(=O)N(c2ccc(OC)cc2)C1=O. The summed E-state index contributed by atoms with van der Waals surface area (Å²) < 4.78 is 5.04. The van der Waals surface area contributed by atoms with Gasteiger partial charge < -0.3 is 4.74 Å². The maximum Gasteiger partial charge on any atom is 0.258 e. The minimum atomic E-state index is -0.808. The number of carbonyl (C=O) groups excluding carboxylic acids is 2. The van der Waals surface area contributed by atoms with E-state index in [1.54, 1.807) is 24.3 Å². The van der Waals surface area contributed by atoms with Gasteiger partial charge in [0.05, 0.1) is 24.5 Å². The van der Waals surface area contributed by atoms with Gasteiger partial charge >= 0.3 is 0 Å². The summed E-state index contributed by atoms with van der Waals surface area (Å²) in [6.45, 7) is 2.23. The molecule has 0 spiro atoms. The lowest BCUT2D eigenvalue weighted by atomic mass is 10.2. The number of methoxy groups -OCH3 is 1. The van der Waals surface area contributed by atoms with Crippen LogP contribution in [-0.2, 0) is 9.59 Å². The summed E-state index contributed by atoms with van der Waals surface area (Å²) in [5.41, 5.74) is 0.468. The molecule has 1 fully saturated rings. The number of ether oxygens (including phenoxy) is 1. The number of nitroso groups, excluding NO2 is 1. The lowest BCUT2D eigenvalue weighted by Gasteiger charge is -2.20. The number of benzene rings is 1. The van der Waals surface area contributed by atoms with Crippen molar-refractivity contribution in [3.8, 4) is 5.75 Å². The molecule has 21 heavy (non-hydrogen) atoms. The third-order valence-electron chi connectivity index (χ3n) is 3.37. The molecule has 7 heteroatoms. The molecule has 0 N–H and O–H groups in total. The molecule has 1 saturated heterocycles. The van der Waals surface area contributed by atoms with E-state index in [9.17, 15) is 14.5 Å². The highest BCUT2D eigenvalue weighted by Crippen LogP contribution is 2.27. The molecule has 1 aliphatic heterocycles. The number of amides is 2. The first-order valence-electron chi connectivity index (χ1n) is 6.73. The quantitative estimate of drug-likeness (QED) is 0.453. The molecule has 1 aromatic carbocycles. The van der Waals surface area contributed by atoms with Crippen molar-refractivity contribution in [2.24, 2.45) is 5.29 Å². The number of anilines is 1. The van der Waals surface area contributed by atoms with Crippen LogP contribution in [0.4, 0.5) is 5.69 Å². The second kappa shape index (κ2) is 6.34. The van der Waals surface area contributed by atoms with Crippen molar-refractivity contribution in [2.45, 2.75) is 25.8 Å². The minimum absolute atomic E-state index is 0.0311. The first kappa shape index (κ1) is 15.0. The Balaban J connectivity index is 2.22. The molecule has 1 aliphatic rings. The number of nitrogens with zero attached hydrogens (tertiary/aromatic N) is 3. The first-order valence-corrected chi connectivity index (χ1v) is 6.73. The normalized spacial score (nSPS) is 18.0. The lowest BCUT2D eigenvalue weighted by molar-refractivity contribution is -0.123. The fourth-order valence-corrected chi connectivity index (χ4v) is 2.33. The third-order valence-corrected chi connectivity index (χ3v) is 3.37. The van der Waals surface area contributed by atoms with Crippen LogP contribution in [0.15, 0.2) is 29.6 Å². The highest BCUT2D eigenvalue weighted by Gasteiger charge is 2.43. The number of hydrogen-bond donors (Lipinski definition) is 0. The fourth-order valence-electron chi connectivity index (χ4n) is 2.33. The summed E-state index contributed by atoms with van der Waals surface area (Å²) in [5, 5.41) is 4.01. The van der Waals surface area contributed by atoms with Gasteiger partial charge in [0.15, 0.2) is 0 Å². The molecule has 7 nitrogen and oxygen atoms in total. The summed E-state index contributed by atoms with van der Waals surface area (Å²) in [5.74, 6) is -0.116. The topological polar surface area (TPSA) is 79.3 Å². The van der Waals surface area contributed by atoms with Crippen LogP contribution in [0.3, 0.4) is 0 Å². The zero-order chi connectivity index (χ0) is 15.4. The van der Waals surface area contributed by atoms with Crippen molar-refractivity contribution < 1.29 is 14.3 Å². The monoisotopic (exact) mass is 291 g/mol. The van der Waals surface area contributed by atoms with Crippen molar-refractivity contribution in [3.05, 3.63) is 29.2 Å². The van der Waals surface area contributed by atoms with Crippen LogP contribution in [0, 0.1) is 4.91 Å². The van der Waals surface area contributed by atoms with E-state index in [-0.39, 0.29) is 12.3 Å². The Morgan fingerprint density at radius 3 is 2.52 bits per heavy atom. The van der Waals surface area contributed by atoms with E-state index in [4.69, 9.17) is 4.74 Å². The van der Waals surface area contributed by atoms with Crippen molar-refractivity contribution >= 4 is 17.5 Å². The van der Waals surface area contributed by atoms with E-state index in [2.05, 4.69) is 5.29 Å². The van der Waals surface area contributed by atoms with Gasteiger partial charge in [-0.3, -0.25) is 9.59 Å². The van der Waals surface area contributed by atoms with Crippen LogP contribution in [-0.4, -0.2) is 36.5 Å². The molecule has 112 valence electrons. The zero-order valence-corrected chi connectivity index (χ0v) is 12.0. The van der Waals surface area contributed by atoms with Gasteiger partial charge in [-0.15, -0.1) is 4.91 Å². The van der Waals surface area contributed by atoms with Gasteiger partial charge in [0.2, 0.25) is 5.91 Å². The first-order chi connectivity index (χ1) is 10.1. The van der Waals surface area contributed by atoms with E-state index in [1.807, 2.05) is 6.92 Å². The standard InChI is InChI=1S/C14H17N3O4/c1-3-8-16(15-20)12-9-13(18)17(14(12)19)10-4-6-11(21-2)7-5-10/h4-7,12H,3,8-9H2,1-2H3/t12-/m0/s1. The van der Waals surface area contributed by atoms with E-state index in [1.165, 1.54) is 7.11 Å². The van der Waals surface area contributed by atoms with Crippen molar-refractivity contribution in [2.75, 3.05) is 18.6 Å². The Hall–Kier alpha value is -2.44. The van der Waals surface area contributed by atoms with Crippen LogP contribution >= 0.6 is 0 Å². The van der Waals surface area contributed by atoms with Crippen LogP contribution in [0.25, 0.3) is 0 Å². The summed E-state index contributed by atoms with van der Waals surface area (Å²) in [7, 11) is 1.54. The second-order valence-electron chi connectivity index (χ2n) is 4.73. The highest BCUT2D eigenvalue weighted by molar-refractivity contribution is 6.22. The van der Waals surface area contributed by atoms with Crippen LogP contribution < -0.4 is 9.64 Å². The lowest BCUT2D eigenvalue weighted by Crippen LogP contribution is -2.39. The van der Waals surface area contributed by atoms with E-state index in [0.29, 0.717) is 24.4 Å². The molecule has 1 heterocycles. The molecule has 0 aliphatic carbocycles. The summed E-state index contributed by atoms with van der Waals surface area (Å²) in [4.78, 5) is 36.4. The maximum atomic E-state index is 12.4. The van der Waals surface area contributed by atoms with Gasteiger partial charge in [-0.2, -0.15) is 0 Å². The van der Waals surface area contributed by atoms with Gasteiger partial charge in [0.25, 0.3) is 5.91 Å². The molecule has 0 bridgehead atoms. The largest absolute Gasteiger partial charge is 0.497 e. The van der Waals surface area contributed by atoms with E-state index in [0.717, 1.165) is 9.91 Å². The molecular weight excluding hydrogens is 274 g/mol. The van der Waals surface area contributed by atoms with Gasteiger partial charge in [-0.25, -0.2) is 9.91 Å². The second-order valence-corrected chi connectivity index (χ2v) is 4.73. The molecule has 0 unspecified atom stereocenters. The number of rotatable bonds is 6. The van der Waals surface area contributed by atoms with Crippen molar-refractivity contribution in [1.29, 1.82) is 0 Å². The smallest absolute Gasteiger partial charge is 0.258 e. The predicted octanol–water partition coefficient (Wildman–Crippen LogP) is 1.72. The van der Waals surface area contributed by atoms with Crippen molar-refractivity contribution in [3.63, 3.8) is 0 Å². The van der Waals surface area contributed by atoms with Gasteiger partial charge in [-0.05, 0) is 30.7 Å². The average Bonchev–Trinajstić information content (AvgIpc) is 2.80. The number of imide groups is 1. The number of carbonyl (C=O) groups is 2. The third kappa shape index (κ3) is 2.86. The summed E-state index contributed by atoms with van der Waals surface area (Å²) in [6.07, 6.45) is 0.642. The highest BCUT2D eigenvalue weighted by atomic mass is 16.5. The van der Waals surface area contributed by atoms with Gasteiger partial charge in [-0.1, -0.05) is 6.92 Å². The molecule has 2 amide bonds. The van der Waals surface area contributed by atoms with Crippen LogP contribution in [0.2, 0.25) is 0 Å². The molecular formula is C14H17N3O4. The predicted molar refractivity (Wildman–Crippen MR) is 76.7 cm³/mol. The van der Waals surface area contributed by atoms with Gasteiger partial charge in [0.1, 0.15) is 11.8 Å². The Bertz CT molecular complexity index is 544. The number of hydrogen-bond acceptors (Lipinski definition) is 5. The molecule has 1 atom stereocenters. The van der Waals surface area contributed by atoms with Gasteiger partial charge in [0, 0.05) is 6.54 Å². The van der Waals surface area contributed by atoms with E-state index >= 15 is 0 Å². The Morgan fingerprint density at radius 2 is 2.00 bits per heavy atom. The Labute approximate surface area is 122 Å². The molecule has 2 rings (SSSR count). The van der Waals surface area contributed by atoms with Crippen LogP contribution in [0.5, 0.6) is 5.75 Å². The molecule has 0 saturated carbocycles. The molecule has 0 aromatic heterocycles. The zero-order valence-electron chi connectivity index (χ0n) is 12.0. The van der Waals surface area contributed by atoms with Crippen molar-refractivity contribution in [1.82, 2.24) is 5.01 Å². The summed E-state index contributed by atoms with van der Waals surface area (Å²) >= 11 is 0. The summed E-state index contributed by atoms with van der Waals surface area (Å²) in [6, 6.07) is 5.80. The van der Waals surface area contributed by atoms with Crippen LogP contribution in [0.1, 0.15) is 19.8 Å². The van der Waals surface area contributed by atoms with E-state index < -0.39 is 11.9 Å². The minimum Gasteiger partial charge on any atom is -0.497 e. The average molecular weight is 291 g/mol. The Kier molecular flexibility index (Phi) is 4.52. The molecule has 1 aromatic rings.